The normalized spacial score (nSPS) is 10.2. The predicted octanol–water partition coefficient (Wildman–Crippen LogP) is 2.97. The Morgan fingerprint density at radius 1 is 1.37 bits per heavy atom. The lowest BCUT2D eigenvalue weighted by Gasteiger charge is -2.14. The van der Waals surface area contributed by atoms with Crippen LogP contribution in [0, 0.1) is 0 Å². The van der Waals surface area contributed by atoms with Crippen LogP contribution < -0.4 is 11.1 Å². The molecule has 2 aromatic rings. The van der Waals surface area contributed by atoms with Gasteiger partial charge in [-0.15, -0.1) is 11.8 Å². The molecule has 1 aromatic carbocycles. The van der Waals surface area contributed by atoms with Gasteiger partial charge < -0.3 is 11.1 Å². The molecule has 19 heavy (non-hydrogen) atoms. The third-order valence-corrected chi connectivity index (χ3v) is 3.56. The minimum absolute atomic E-state index is 0.385. The molecule has 0 unspecified atom stereocenters. The van der Waals surface area contributed by atoms with Gasteiger partial charge in [0, 0.05) is 16.1 Å². The molecule has 2 rings (SSSR count). The lowest BCUT2D eigenvalue weighted by Crippen LogP contribution is -2.13. The fourth-order valence-electron chi connectivity index (χ4n) is 1.68. The van der Waals surface area contributed by atoms with Crippen LogP contribution in [-0.4, -0.2) is 20.7 Å². The van der Waals surface area contributed by atoms with Gasteiger partial charge >= 0.3 is 0 Å². The molecule has 0 saturated carbocycles. The molecule has 6 heteroatoms. The van der Waals surface area contributed by atoms with E-state index in [1.807, 2.05) is 18.2 Å². The number of aromatic nitrogens is 2. The van der Waals surface area contributed by atoms with E-state index >= 15 is 0 Å². The minimum Gasteiger partial charge on any atom is -0.389 e. The number of nitrogens with one attached hydrogen (secondary N) is 1. The molecule has 0 atom stereocenters. The molecule has 0 amide bonds. The number of thioether (sulfide) groups is 1. The second-order valence-corrected chi connectivity index (χ2v) is 5.47. The van der Waals surface area contributed by atoms with Crippen LogP contribution in [0.4, 0.5) is 11.4 Å². The van der Waals surface area contributed by atoms with Gasteiger partial charge in [0.15, 0.2) is 0 Å². The van der Waals surface area contributed by atoms with Crippen LogP contribution in [0.15, 0.2) is 41.8 Å². The van der Waals surface area contributed by atoms with E-state index in [0.717, 1.165) is 27.6 Å². The number of nitrogens with two attached hydrogens (primary N) is 1. The van der Waals surface area contributed by atoms with Gasteiger partial charge in [0.2, 0.25) is 0 Å². The Labute approximate surface area is 121 Å². The molecule has 4 nitrogen and oxygen atoms in total. The maximum atomic E-state index is 5.85. The zero-order chi connectivity index (χ0) is 13.7. The third-order valence-electron chi connectivity index (χ3n) is 2.41. The Morgan fingerprint density at radius 2 is 2.11 bits per heavy atom. The van der Waals surface area contributed by atoms with Crippen molar-refractivity contribution in [1.82, 2.24) is 9.97 Å². The average Bonchev–Trinajstić information content (AvgIpc) is 2.40. The topological polar surface area (TPSA) is 63.8 Å². The predicted molar refractivity (Wildman–Crippen MR) is 84.0 cm³/mol. The van der Waals surface area contributed by atoms with Crippen molar-refractivity contribution in [2.45, 2.75) is 11.8 Å². The maximum absolute atomic E-state index is 5.85. The molecular weight excluding hydrogens is 276 g/mol. The Bertz CT molecular complexity index is 572. The lowest BCUT2D eigenvalue weighted by atomic mass is 10.1. The molecule has 98 valence electrons. The van der Waals surface area contributed by atoms with Gasteiger partial charge in [-0.1, -0.05) is 25.2 Å². The Morgan fingerprint density at radius 3 is 2.74 bits per heavy atom. The van der Waals surface area contributed by atoms with E-state index < -0.39 is 0 Å². The van der Waals surface area contributed by atoms with Crippen molar-refractivity contribution in [1.29, 1.82) is 0 Å². The first-order valence-corrected chi connectivity index (χ1v) is 7.19. The summed E-state index contributed by atoms with van der Waals surface area (Å²) in [5.74, 6) is 0.966. The molecule has 0 aliphatic carbocycles. The molecular formula is C13H14N4S2. The first kappa shape index (κ1) is 13.8. The standard InChI is InChI=1S/C13H14N4S2/c1-2-19-11-5-3-4-10(12(11)13(14)18)17-9-6-15-8-16-7-9/h3-8,17H,2H2,1H3,(H2,14,18). The highest BCUT2D eigenvalue weighted by Crippen LogP contribution is 2.30. The quantitative estimate of drug-likeness (QED) is 0.652. The summed E-state index contributed by atoms with van der Waals surface area (Å²) in [6.45, 7) is 2.10. The van der Waals surface area contributed by atoms with Crippen molar-refractivity contribution < 1.29 is 0 Å². The maximum Gasteiger partial charge on any atom is 0.115 e. The van der Waals surface area contributed by atoms with Crippen molar-refractivity contribution >= 4 is 40.3 Å². The van der Waals surface area contributed by atoms with E-state index in [1.165, 1.54) is 6.33 Å². The fraction of sp³-hybridized carbons (Fsp3) is 0.154. The number of anilines is 2. The molecule has 3 N–H and O–H groups in total. The number of benzene rings is 1. The summed E-state index contributed by atoms with van der Waals surface area (Å²) in [4.78, 5) is 9.41. The molecule has 0 saturated heterocycles. The fourth-order valence-corrected chi connectivity index (χ4v) is 2.82. The van der Waals surface area contributed by atoms with E-state index in [2.05, 4.69) is 22.2 Å². The molecule has 0 radical (unpaired) electrons. The Kier molecular flexibility index (Phi) is 4.70. The van der Waals surface area contributed by atoms with E-state index in [4.69, 9.17) is 18.0 Å². The van der Waals surface area contributed by atoms with Crippen LogP contribution in [0.25, 0.3) is 0 Å². The first-order valence-electron chi connectivity index (χ1n) is 5.80. The van der Waals surface area contributed by atoms with Crippen LogP contribution in [-0.2, 0) is 0 Å². The summed E-state index contributed by atoms with van der Waals surface area (Å²) < 4.78 is 0. The number of hydrogen-bond donors (Lipinski definition) is 2. The molecule has 0 aliphatic heterocycles. The van der Waals surface area contributed by atoms with E-state index in [0.29, 0.717) is 4.99 Å². The molecule has 1 aromatic heterocycles. The zero-order valence-electron chi connectivity index (χ0n) is 10.5. The van der Waals surface area contributed by atoms with Crippen molar-refractivity contribution in [3.8, 4) is 0 Å². The van der Waals surface area contributed by atoms with Gasteiger partial charge in [-0.2, -0.15) is 0 Å². The van der Waals surface area contributed by atoms with Crippen molar-refractivity contribution in [2.75, 3.05) is 11.1 Å². The SMILES string of the molecule is CCSc1cccc(Nc2cncnc2)c1C(N)=S. The largest absolute Gasteiger partial charge is 0.389 e. The first-order chi connectivity index (χ1) is 9.22. The second-order valence-electron chi connectivity index (χ2n) is 3.73. The van der Waals surface area contributed by atoms with Crippen molar-refractivity contribution in [3.05, 3.63) is 42.5 Å². The molecule has 0 aliphatic rings. The van der Waals surface area contributed by atoms with E-state index in [9.17, 15) is 0 Å². The molecule has 0 spiro atoms. The highest BCUT2D eigenvalue weighted by Gasteiger charge is 2.11. The summed E-state index contributed by atoms with van der Waals surface area (Å²) in [6.07, 6.45) is 4.90. The van der Waals surface area contributed by atoms with Gasteiger partial charge in [-0.05, 0) is 17.9 Å². The highest BCUT2D eigenvalue weighted by atomic mass is 32.2. The van der Waals surface area contributed by atoms with Gasteiger partial charge in [-0.3, -0.25) is 0 Å². The van der Waals surface area contributed by atoms with Crippen molar-refractivity contribution in [3.63, 3.8) is 0 Å². The summed E-state index contributed by atoms with van der Waals surface area (Å²) >= 11 is 6.88. The van der Waals surface area contributed by atoms with Crippen LogP contribution >= 0.6 is 24.0 Å². The number of rotatable bonds is 5. The highest BCUT2D eigenvalue weighted by molar-refractivity contribution is 7.99. The third kappa shape index (κ3) is 3.42. The number of hydrogen-bond acceptors (Lipinski definition) is 5. The summed E-state index contributed by atoms with van der Waals surface area (Å²) in [6, 6.07) is 5.95. The van der Waals surface area contributed by atoms with Gasteiger partial charge in [0.25, 0.3) is 0 Å². The molecule has 1 heterocycles. The van der Waals surface area contributed by atoms with Gasteiger partial charge in [0.1, 0.15) is 11.3 Å². The number of nitrogens with zero attached hydrogens (tertiary/aromatic N) is 2. The Balaban J connectivity index is 2.39. The number of thiocarbonyl (C=S) groups is 1. The summed E-state index contributed by atoms with van der Waals surface area (Å²) in [5, 5.41) is 3.25. The average molecular weight is 290 g/mol. The minimum atomic E-state index is 0.385. The van der Waals surface area contributed by atoms with Crippen molar-refractivity contribution in [2.24, 2.45) is 5.73 Å². The second kappa shape index (κ2) is 6.49. The van der Waals surface area contributed by atoms with Crippen LogP contribution in [0.3, 0.4) is 0 Å². The van der Waals surface area contributed by atoms with Gasteiger partial charge in [-0.25, -0.2) is 9.97 Å². The van der Waals surface area contributed by atoms with E-state index in [-0.39, 0.29) is 0 Å². The Hall–Kier alpha value is -1.66. The lowest BCUT2D eigenvalue weighted by molar-refractivity contribution is 1.17. The zero-order valence-corrected chi connectivity index (χ0v) is 12.1. The smallest absolute Gasteiger partial charge is 0.115 e. The van der Waals surface area contributed by atoms with Crippen LogP contribution in [0.2, 0.25) is 0 Å². The summed E-state index contributed by atoms with van der Waals surface area (Å²) in [5.41, 5.74) is 8.39. The van der Waals surface area contributed by atoms with Gasteiger partial charge in [0.05, 0.1) is 18.1 Å². The van der Waals surface area contributed by atoms with Crippen LogP contribution in [0.1, 0.15) is 12.5 Å². The summed E-state index contributed by atoms with van der Waals surface area (Å²) in [7, 11) is 0. The van der Waals surface area contributed by atoms with E-state index in [1.54, 1.807) is 24.2 Å². The molecule has 0 fully saturated rings. The molecule has 0 bridgehead atoms. The monoisotopic (exact) mass is 290 g/mol. The van der Waals surface area contributed by atoms with Crippen LogP contribution in [0.5, 0.6) is 0 Å².